The third-order valence-corrected chi connectivity index (χ3v) is 7.33. The van der Waals surface area contributed by atoms with Crippen LogP contribution in [0.15, 0.2) is 78.9 Å². The summed E-state index contributed by atoms with van der Waals surface area (Å²) in [5.41, 5.74) is 4.79. The van der Waals surface area contributed by atoms with Gasteiger partial charge in [-0.2, -0.15) is 0 Å². The van der Waals surface area contributed by atoms with E-state index in [0.717, 1.165) is 33.3 Å². The molecule has 0 aliphatic carbocycles. The average Bonchev–Trinajstić information content (AvgIpc) is 2.98. The van der Waals surface area contributed by atoms with Gasteiger partial charge in [0.05, 0.1) is 17.3 Å². The van der Waals surface area contributed by atoms with Crippen molar-refractivity contribution in [3.63, 3.8) is 0 Å². The van der Waals surface area contributed by atoms with Crippen LogP contribution in [0.5, 0.6) is 0 Å². The summed E-state index contributed by atoms with van der Waals surface area (Å²) in [4.78, 5) is 32.0. The number of carbonyl (C=O) groups excluding carboxylic acids is 2. The Morgan fingerprint density at radius 1 is 0.953 bits per heavy atom. The van der Waals surface area contributed by atoms with Gasteiger partial charge in [0.1, 0.15) is 5.60 Å². The highest BCUT2D eigenvalue weighted by Crippen LogP contribution is 2.24. The fourth-order valence-corrected chi connectivity index (χ4v) is 5.02. The van der Waals surface area contributed by atoms with Gasteiger partial charge in [0.2, 0.25) is 0 Å². The third-order valence-electron chi connectivity index (χ3n) is 7.10. The van der Waals surface area contributed by atoms with Crippen LogP contribution in [0.25, 0.3) is 23.1 Å². The lowest BCUT2D eigenvalue weighted by Gasteiger charge is -2.24. The van der Waals surface area contributed by atoms with E-state index in [1.807, 2.05) is 124 Å². The Hall–Kier alpha value is -4.16. The maximum Gasteiger partial charge on any atom is 0.408 e. The van der Waals surface area contributed by atoms with Crippen LogP contribution in [0.3, 0.4) is 0 Å². The lowest BCUT2D eigenvalue weighted by Crippen LogP contribution is -2.35. The Labute approximate surface area is 259 Å². The monoisotopic (exact) mass is 597 g/mol. The number of amides is 2. The number of aryl methyl sites for hydroxylation is 1. The van der Waals surface area contributed by atoms with Crippen LogP contribution in [-0.4, -0.2) is 40.6 Å². The van der Waals surface area contributed by atoms with Crippen LogP contribution in [0.1, 0.15) is 79.8 Å². The highest BCUT2D eigenvalue weighted by Gasteiger charge is 2.21. The molecule has 4 aromatic rings. The molecular weight excluding hydrogens is 558 g/mol. The smallest absolute Gasteiger partial charge is 0.408 e. The molecule has 0 spiro atoms. The molecule has 0 saturated heterocycles. The van der Waals surface area contributed by atoms with Gasteiger partial charge in [0, 0.05) is 29.1 Å². The zero-order valence-corrected chi connectivity index (χ0v) is 26.3. The van der Waals surface area contributed by atoms with Crippen molar-refractivity contribution in [3.8, 4) is 0 Å². The van der Waals surface area contributed by atoms with E-state index < -0.39 is 11.7 Å². The topological polar surface area (TPSA) is 71.5 Å². The second-order valence-corrected chi connectivity index (χ2v) is 11.9. The van der Waals surface area contributed by atoms with Crippen LogP contribution < -0.4 is 5.32 Å². The molecule has 1 aromatic heterocycles. The van der Waals surface area contributed by atoms with Gasteiger partial charge in [-0.05, 0) is 107 Å². The van der Waals surface area contributed by atoms with Crippen molar-refractivity contribution in [2.24, 2.45) is 0 Å². The van der Waals surface area contributed by atoms with Crippen LogP contribution in [0.4, 0.5) is 4.79 Å². The number of fused-ring (bicyclic) bond motifs is 1. The number of rotatable bonds is 10. The maximum absolute atomic E-state index is 12.8. The molecule has 7 heteroatoms. The van der Waals surface area contributed by atoms with Gasteiger partial charge < -0.3 is 15.0 Å². The van der Waals surface area contributed by atoms with Gasteiger partial charge in [0.25, 0.3) is 5.91 Å². The van der Waals surface area contributed by atoms with E-state index in [1.165, 1.54) is 0 Å². The summed E-state index contributed by atoms with van der Waals surface area (Å²) in [6, 6.07) is 25.2. The number of halogens is 1. The molecule has 0 fully saturated rings. The minimum absolute atomic E-state index is 0.0357. The number of aromatic nitrogens is 1. The number of benzene rings is 3. The fourth-order valence-electron chi connectivity index (χ4n) is 4.85. The highest BCUT2D eigenvalue weighted by atomic mass is 35.5. The van der Waals surface area contributed by atoms with Crippen molar-refractivity contribution in [1.82, 2.24) is 15.2 Å². The van der Waals surface area contributed by atoms with E-state index in [4.69, 9.17) is 21.3 Å². The number of alkyl carbamates (subject to hydrolysis) is 1. The molecule has 4 rings (SSSR count). The van der Waals surface area contributed by atoms with Crippen molar-refractivity contribution in [2.75, 3.05) is 13.1 Å². The first-order chi connectivity index (χ1) is 20.5. The summed E-state index contributed by atoms with van der Waals surface area (Å²) < 4.78 is 5.58. The molecule has 6 nitrogen and oxygen atoms in total. The Morgan fingerprint density at radius 2 is 1.67 bits per heavy atom. The number of pyridine rings is 1. The van der Waals surface area contributed by atoms with Crippen molar-refractivity contribution in [1.29, 1.82) is 0 Å². The molecule has 1 N–H and O–H groups in total. The molecule has 1 atom stereocenters. The molecule has 3 aromatic carbocycles. The van der Waals surface area contributed by atoms with Crippen molar-refractivity contribution in [2.45, 2.75) is 59.1 Å². The second-order valence-electron chi connectivity index (χ2n) is 11.5. The molecule has 1 unspecified atom stereocenters. The van der Waals surface area contributed by atoms with Gasteiger partial charge in [0.15, 0.2) is 0 Å². The molecule has 1 heterocycles. The lowest BCUT2D eigenvalue weighted by atomic mass is 9.97. The van der Waals surface area contributed by atoms with E-state index in [1.54, 1.807) is 0 Å². The second kappa shape index (κ2) is 14.3. The van der Waals surface area contributed by atoms with Crippen molar-refractivity contribution >= 4 is 46.7 Å². The molecule has 0 saturated carbocycles. The quantitative estimate of drug-likeness (QED) is 0.198. The summed E-state index contributed by atoms with van der Waals surface area (Å²) in [5, 5.41) is 4.76. The number of nitrogens with zero attached hydrogens (tertiary/aromatic N) is 2. The average molecular weight is 598 g/mol. The van der Waals surface area contributed by atoms with Gasteiger partial charge in [-0.1, -0.05) is 60.1 Å². The Balaban J connectivity index is 1.52. The molecule has 2 amide bonds. The van der Waals surface area contributed by atoms with E-state index in [9.17, 15) is 9.59 Å². The summed E-state index contributed by atoms with van der Waals surface area (Å²) in [5.74, 6) is 0.0357. The SMILES string of the molecule is CCN(CC)C(=O)c1ccc(CCC(NC(=O)OC(C)(C)C)c2cccc(/C=C/c3ccc4ccc(Cl)cc4n3)c2)cc1. The predicted molar refractivity (Wildman–Crippen MR) is 176 cm³/mol. The zero-order valence-electron chi connectivity index (χ0n) is 25.6. The number of nitrogens with one attached hydrogen (secondary N) is 1. The Bertz CT molecular complexity index is 1590. The Morgan fingerprint density at radius 3 is 2.37 bits per heavy atom. The van der Waals surface area contributed by atoms with Gasteiger partial charge in [-0.25, -0.2) is 9.78 Å². The Kier molecular flexibility index (Phi) is 10.6. The summed E-state index contributed by atoms with van der Waals surface area (Å²) in [7, 11) is 0. The zero-order chi connectivity index (χ0) is 31.0. The molecular formula is C36H40ClN3O3. The number of hydrogen-bond donors (Lipinski definition) is 1. The first kappa shape index (κ1) is 31.8. The van der Waals surface area contributed by atoms with Crippen LogP contribution >= 0.6 is 11.6 Å². The minimum Gasteiger partial charge on any atom is -0.444 e. The van der Waals surface area contributed by atoms with Crippen molar-refractivity contribution < 1.29 is 14.3 Å². The molecule has 0 aliphatic rings. The fraction of sp³-hybridized carbons (Fsp3) is 0.306. The molecule has 0 radical (unpaired) electrons. The maximum atomic E-state index is 12.8. The minimum atomic E-state index is -0.608. The van der Waals surface area contributed by atoms with Gasteiger partial charge in [-0.15, -0.1) is 0 Å². The van der Waals surface area contributed by atoms with E-state index in [2.05, 4.69) is 11.4 Å². The third kappa shape index (κ3) is 9.16. The summed E-state index contributed by atoms with van der Waals surface area (Å²) in [6.45, 7) is 10.9. The van der Waals surface area contributed by atoms with E-state index in [0.29, 0.717) is 36.5 Å². The van der Waals surface area contributed by atoms with E-state index in [-0.39, 0.29) is 11.9 Å². The first-order valence-corrected chi connectivity index (χ1v) is 15.1. The van der Waals surface area contributed by atoms with E-state index >= 15 is 0 Å². The number of carbonyl (C=O) groups is 2. The van der Waals surface area contributed by atoms with Crippen LogP contribution in [-0.2, 0) is 11.2 Å². The highest BCUT2D eigenvalue weighted by molar-refractivity contribution is 6.31. The normalized spacial score (nSPS) is 12.3. The molecule has 0 bridgehead atoms. The molecule has 0 aliphatic heterocycles. The number of hydrogen-bond acceptors (Lipinski definition) is 4. The summed E-state index contributed by atoms with van der Waals surface area (Å²) >= 11 is 6.16. The lowest BCUT2D eigenvalue weighted by molar-refractivity contribution is 0.0500. The molecule has 224 valence electrons. The van der Waals surface area contributed by atoms with Crippen LogP contribution in [0.2, 0.25) is 5.02 Å². The van der Waals surface area contributed by atoms with Gasteiger partial charge >= 0.3 is 6.09 Å². The van der Waals surface area contributed by atoms with Crippen LogP contribution in [0, 0.1) is 0 Å². The largest absolute Gasteiger partial charge is 0.444 e. The summed E-state index contributed by atoms with van der Waals surface area (Å²) in [6.07, 6.45) is 4.89. The first-order valence-electron chi connectivity index (χ1n) is 14.8. The number of ether oxygens (including phenoxy) is 1. The van der Waals surface area contributed by atoms with Crippen molar-refractivity contribution in [3.05, 3.63) is 112 Å². The standard InChI is InChI=1S/C36H40ClN3O3/c1-6-40(7-2)34(41)28-15-11-25(12-16-28)14-22-32(39-35(42)43-36(3,4)5)29-10-8-9-26(23-29)13-20-31-21-18-27-17-19-30(37)24-33(27)38-31/h8-13,15-21,23-24,32H,6-7,14,22H2,1-5H3,(H,39,42)/b20-13+. The predicted octanol–water partition coefficient (Wildman–Crippen LogP) is 8.74. The van der Waals surface area contributed by atoms with Gasteiger partial charge in [-0.3, -0.25) is 4.79 Å². The molecule has 43 heavy (non-hydrogen) atoms.